The molecule has 6 nitrogen and oxygen atoms in total. The zero-order valence-electron chi connectivity index (χ0n) is 21.4. The molecule has 3 N–H and O–H groups in total. The summed E-state index contributed by atoms with van der Waals surface area (Å²) in [6, 6.07) is 17.6. The maximum absolute atomic E-state index is 13.8. The van der Waals surface area contributed by atoms with Crippen molar-refractivity contribution in [3.8, 4) is 5.75 Å². The predicted octanol–water partition coefficient (Wildman–Crippen LogP) is 4.47. The number of rotatable bonds is 11. The van der Waals surface area contributed by atoms with Crippen LogP contribution in [0.15, 0.2) is 72.9 Å². The Bertz CT molecular complexity index is 1430. The molecule has 0 radical (unpaired) electrons. The zero-order chi connectivity index (χ0) is 27.2. The highest BCUT2D eigenvalue weighted by molar-refractivity contribution is 6.35. The fourth-order valence-corrected chi connectivity index (χ4v) is 4.60. The van der Waals surface area contributed by atoms with Crippen LogP contribution in [0.25, 0.3) is 10.9 Å². The van der Waals surface area contributed by atoms with Gasteiger partial charge in [0, 0.05) is 43.8 Å². The highest BCUT2D eigenvalue weighted by Gasteiger charge is 2.32. The van der Waals surface area contributed by atoms with Gasteiger partial charge in [-0.1, -0.05) is 43.3 Å². The third-order valence-electron chi connectivity index (χ3n) is 6.60. The molecule has 3 aromatic carbocycles. The molecule has 4 rings (SSSR count). The second-order valence-corrected chi connectivity index (χ2v) is 9.43. The number of nitrogens with two attached hydrogens (primary N) is 1. The summed E-state index contributed by atoms with van der Waals surface area (Å²) in [5.74, 6) is -4.04. The molecule has 198 valence electrons. The molecule has 4 aromatic rings. The normalized spacial score (nSPS) is 12.9. The first kappa shape index (κ1) is 27.2. The van der Waals surface area contributed by atoms with Crippen LogP contribution in [0.5, 0.6) is 5.75 Å². The molecule has 0 unspecified atom stereocenters. The number of carbonyl (C=O) groups excluding carboxylic acids is 2. The lowest BCUT2D eigenvalue weighted by atomic mass is 9.90. The average Bonchev–Trinajstić information content (AvgIpc) is 3.20. The first-order chi connectivity index (χ1) is 18.2. The molecular formula is C30H31F2N3O3. The average molecular weight is 520 g/mol. The van der Waals surface area contributed by atoms with E-state index < -0.39 is 35.3 Å². The summed E-state index contributed by atoms with van der Waals surface area (Å²) in [5, 5.41) is 3.91. The summed E-state index contributed by atoms with van der Waals surface area (Å²) in [6.45, 7) is 2.60. The Hall–Kier alpha value is -3.88. The molecule has 0 aliphatic heterocycles. The fourth-order valence-electron chi connectivity index (χ4n) is 4.60. The van der Waals surface area contributed by atoms with E-state index in [4.69, 9.17) is 10.5 Å². The van der Waals surface area contributed by atoms with Crippen LogP contribution in [0, 0.1) is 17.6 Å². The van der Waals surface area contributed by atoms with E-state index in [1.165, 1.54) is 17.7 Å². The van der Waals surface area contributed by atoms with E-state index in [1.807, 2.05) is 43.4 Å². The van der Waals surface area contributed by atoms with Crippen LogP contribution in [0.3, 0.4) is 0 Å². The van der Waals surface area contributed by atoms with Crippen molar-refractivity contribution < 1.29 is 23.1 Å². The largest absolute Gasteiger partial charge is 0.418 e. The first-order valence-corrected chi connectivity index (χ1v) is 12.5. The smallest absolute Gasteiger partial charge is 0.380 e. The molecule has 0 saturated carbocycles. The molecule has 0 saturated heterocycles. The number of aryl methyl sites for hydroxylation is 2. The number of hydrogen-bond donors (Lipinski definition) is 2. The summed E-state index contributed by atoms with van der Waals surface area (Å²) in [7, 11) is 1.82. The summed E-state index contributed by atoms with van der Waals surface area (Å²) in [4.78, 5) is 26.4. The van der Waals surface area contributed by atoms with E-state index in [1.54, 1.807) is 16.8 Å². The van der Waals surface area contributed by atoms with Crippen molar-refractivity contribution in [3.63, 3.8) is 0 Å². The summed E-state index contributed by atoms with van der Waals surface area (Å²) in [5.41, 5.74) is 9.73. The molecule has 8 heteroatoms. The minimum Gasteiger partial charge on any atom is -0.418 e. The number of carbonyl (C=O) groups is 2. The number of nitrogens with one attached hydrogen (secondary N) is 1. The Balaban J connectivity index is 1.52. The van der Waals surface area contributed by atoms with Crippen molar-refractivity contribution in [2.24, 2.45) is 18.7 Å². The van der Waals surface area contributed by atoms with Gasteiger partial charge in [0.1, 0.15) is 11.6 Å². The monoisotopic (exact) mass is 519 g/mol. The van der Waals surface area contributed by atoms with Crippen LogP contribution in [-0.2, 0) is 36.0 Å². The van der Waals surface area contributed by atoms with Gasteiger partial charge in [0.25, 0.3) is 0 Å². The second kappa shape index (κ2) is 12.1. The van der Waals surface area contributed by atoms with Gasteiger partial charge in [-0.25, -0.2) is 13.6 Å². The number of Topliss-reactive ketones (excluding diaryl/α,β-unsaturated/α-hetero) is 1. The Labute approximate surface area is 220 Å². The number of benzene rings is 3. The van der Waals surface area contributed by atoms with Crippen LogP contribution < -0.4 is 15.8 Å². The van der Waals surface area contributed by atoms with E-state index in [0.29, 0.717) is 17.5 Å². The summed E-state index contributed by atoms with van der Waals surface area (Å²) in [6.07, 6.45) is 2.53. The number of hydrogen-bond acceptors (Lipinski definition) is 5. The van der Waals surface area contributed by atoms with Crippen LogP contribution in [0.4, 0.5) is 8.78 Å². The Morgan fingerprint density at radius 3 is 2.42 bits per heavy atom. The van der Waals surface area contributed by atoms with Crippen molar-refractivity contribution in [1.29, 1.82) is 0 Å². The third-order valence-corrected chi connectivity index (χ3v) is 6.60. The van der Waals surface area contributed by atoms with E-state index in [0.717, 1.165) is 23.6 Å². The molecule has 38 heavy (non-hydrogen) atoms. The number of esters is 1. The van der Waals surface area contributed by atoms with Crippen LogP contribution in [0.2, 0.25) is 0 Å². The second-order valence-electron chi connectivity index (χ2n) is 9.43. The number of fused-ring (bicyclic) bond motifs is 1. The number of halogens is 2. The van der Waals surface area contributed by atoms with Gasteiger partial charge in [0.2, 0.25) is 5.78 Å². The summed E-state index contributed by atoms with van der Waals surface area (Å²) >= 11 is 0. The molecule has 1 aromatic heterocycles. The number of aromatic nitrogens is 1. The van der Waals surface area contributed by atoms with Crippen molar-refractivity contribution in [2.75, 3.05) is 6.54 Å². The fraction of sp³-hybridized carbons (Fsp3) is 0.267. The number of nitrogens with zero attached hydrogens (tertiary/aromatic N) is 1. The minimum atomic E-state index is -1.04. The van der Waals surface area contributed by atoms with Gasteiger partial charge in [0.15, 0.2) is 5.75 Å². The van der Waals surface area contributed by atoms with Crippen molar-refractivity contribution in [3.05, 3.63) is 101 Å². The van der Waals surface area contributed by atoms with Crippen LogP contribution in [0.1, 0.15) is 23.6 Å². The van der Waals surface area contributed by atoms with Crippen molar-refractivity contribution in [1.82, 2.24) is 9.88 Å². The lowest BCUT2D eigenvalue weighted by Gasteiger charge is -2.23. The molecule has 2 atom stereocenters. The van der Waals surface area contributed by atoms with E-state index >= 15 is 0 Å². The molecule has 0 bridgehead atoms. The van der Waals surface area contributed by atoms with E-state index in [9.17, 15) is 18.4 Å². The van der Waals surface area contributed by atoms with Gasteiger partial charge in [-0.2, -0.15) is 0 Å². The number of ether oxygens (including phenoxy) is 1. The SMILES string of the molecule is CCc1cccc(CNC[C@@H](C(=O)C(=O)Oc2cn(C)c3ccccc23)[C@@H](N)Cc2cc(F)cc(F)c2)c1. The first-order valence-electron chi connectivity index (χ1n) is 12.5. The Kier molecular flexibility index (Phi) is 8.66. The molecule has 1 heterocycles. The van der Waals surface area contributed by atoms with Gasteiger partial charge >= 0.3 is 5.97 Å². The van der Waals surface area contributed by atoms with Gasteiger partial charge in [-0.15, -0.1) is 0 Å². The molecule has 0 amide bonds. The Morgan fingerprint density at radius 1 is 0.974 bits per heavy atom. The minimum absolute atomic E-state index is 0.000363. The quantitative estimate of drug-likeness (QED) is 0.226. The number of ketones is 1. The van der Waals surface area contributed by atoms with Crippen molar-refractivity contribution in [2.45, 2.75) is 32.4 Å². The maximum atomic E-state index is 13.8. The molecular weight excluding hydrogens is 488 g/mol. The van der Waals surface area contributed by atoms with E-state index in [2.05, 4.69) is 18.3 Å². The predicted molar refractivity (Wildman–Crippen MR) is 143 cm³/mol. The zero-order valence-corrected chi connectivity index (χ0v) is 21.4. The molecule has 0 fully saturated rings. The van der Waals surface area contributed by atoms with E-state index in [-0.39, 0.29) is 18.7 Å². The van der Waals surface area contributed by atoms with Gasteiger partial charge < -0.3 is 20.4 Å². The highest BCUT2D eigenvalue weighted by atomic mass is 19.1. The Morgan fingerprint density at radius 2 is 1.68 bits per heavy atom. The molecule has 0 aliphatic rings. The lowest BCUT2D eigenvalue weighted by Crippen LogP contribution is -2.46. The highest BCUT2D eigenvalue weighted by Crippen LogP contribution is 2.27. The van der Waals surface area contributed by atoms with Crippen LogP contribution >= 0.6 is 0 Å². The molecule has 0 spiro atoms. The standard InChI is InChI=1S/C30H31F2N3O3/c1-3-19-7-6-8-20(11-19)16-34-17-25(26(33)14-21-12-22(31)15-23(32)13-21)29(36)30(37)38-28-18-35(2)27-10-5-4-9-24(27)28/h4-13,15,18,25-26,34H,3,14,16-17,33H2,1-2H3/t25-,26+/m1/s1. The van der Waals surface area contributed by atoms with Gasteiger partial charge in [-0.3, -0.25) is 4.79 Å². The van der Waals surface area contributed by atoms with Crippen LogP contribution in [-0.4, -0.2) is 28.9 Å². The molecule has 0 aliphatic carbocycles. The third kappa shape index (κ3) is 6.51. The van der Waals surface area contributed by atoms with Gasteiger partial charge in [0.05, 0.1) is 11.4 Å². The maximum Gasteiger partial charge on any atom is 0.380 e. The van der Waals surface area contributed by atoms with Gasteiger partial charge in [-0.05, 0) is 53.8 Å². The topological polar surface area (TPSA) is 86.4 Å². The van der Waals surface area contributed by atoms with Crippen molar-refractivity contribution >= 4 is 22.7 Å². The summed E-state index contributed by atoms with van der Waals surface area (Å²) < 4.78 is 34.8. The lowest BCUT2D eigenvalue weighted by molar-refractivity contribution is -0.149. The number of para-hydroxylation sites is 1.